The number of rotatable bonds is 9. The van der Waals surface area contributed by atoms with Crippen LogP contribution < -0.4 is 10.3 Å². The van der Waals surface area contributed by atoms with E-state index in [1.54, 1.807) is 4.57 Å². The third kappa shape index (κ3) is 4.20. The summed E-state index contributed by atoms with van der Waals surface area (Å²) in [4.78, 5) is 31.1. The third-order valence-electron chi connectivity index (χ3n) is 5.94. The molecular formula is C26H31N3O3. The maximum atomic E-state index is 13.5. The van der Waals surface area contributed by atoms with Gasteiger partial charge in [0.05, 0.1) is 11.3 Å². The minimum absolute atomic E-state index is 0.0203. The number of benzene rings is 2. The summed E-state index contributed by atoms with van der Waals surface area (Å²) >= 11 is 0. The predicted octanol–water partition coefficient (Wildman–Crippen LogP) is 3.50. The van der Waals surface area contributed by atoms with Crippen LogP contribution in [-0.2, 0) is 6.54 Å². The van der Waals surface area contributed by atoms with Gasteiger partial charge in [0.2, 0.25) is 0 Å². The van der Waals surface area contributed by atoms with E-state index in [1.807, 2.05) is 70.7 Å². The Hall–Kier alpha value is -2.96. The molecule has 0 atom stereocenters. The number of fused-ring (bicyclic) bond motifs is 5. The van der Waals surface area contributed by atoms with Gasteiger partial charge in [-0.25, -0.2) is 0 Å². The number of ketones is 1. The van der Waals surface area contributed by atoms with Gasteiger partial charge in [-0.05, 0) is 71.8 Å². The Bertz CT molecular complexity index is 1210. The number of aromatic nitrogens is 1. The minimum atomic E-state index is -0.0382. The number of nitrogens with zero attached hydrogens (tertiary/aromatic N) is 3. The van der Waals surface area contributed by atoms with Crippen molar-refractivity contribution in [2.45, 2.75) is 19.4 Å². The number of unbranched alkanes of at least 4 members (excludes halogenated alkanes) is 1. The van der Waals surface area contributed by atoms with Crippen LogP contribution in [0, 0.1) is 0 Å². The quantitative estimate of drug-likeness (QED) is 0.378. The van der Waals surface area contributed by atoms with Gasteiger partial charge in [0, 0.05) is 35.0 Å². The van der Waals surface area contributed by atoms with Gasteiger partial charge < -0.3 is 19.1 Å². The molecule has 1 aliphatic carbocycles. The van der Waals surface area contributed by atoms with Crippen molar-refractivity contribution >= 4 is 16.6 Å². The Labute approximate surface area is 189 Å². The maximum absolute atomic E-state index is 13.5. The standard InChI is InChI=1S/C26H31N3O3/c1-27(2)13-7-8-14-29-24-22-17-18(32-16-15-28(3)4)11-12-20(22)25(30)23(24)19-9-5-6-10-21(19)26(29)31/h5-6,9-12,17H,7-8,13-16H2,1-4H3. The van der Waals surface area contributed by atoms with Gasteiger partial charge >= 0.3 is 0 Å². The predicted molar refractivity (Wildman–Crippen MR) is 129 cm³/mol. The highest BCUT2D eigenvalue weighted by Gasteiger charge is 2.32. The Kier molecular flexibility index (Phi) is 6.44. The van der Waals surface area contributed by atoms with Crippen LogP contribution >= 0.6 is 0 Å². The number of carbonyl (C=O) groups excluding carboxylic acids is 1. The molecule has 32 heavy (non-hydrogen) atoms. The van der Waals surface area contributed by atoms with Crippen LogP contribution in [0.15, 0.2) is 47.3 Å². The summed E-state index contributed by atoms with van der Waals surface area (Å²) in [6, 6.07) is 13.0. The summed E-state index contributed by atoms with van der Waals surface area (Å²) in [5.41, 5.74) is 2.76. The molecule has 0 saturated carbocycles. The van der Waals surface area contributed by atoms with Crippen molar-refractivity contribution in [3.05, 3.63) is 63.9 Å². The van der Waals surface area contributed by atoms with Crippen LogP contribution in [0.1, 0.15) is 28.8 Å². The minimum Gasteiger partial charge on any atom is -0.492 e. The Morgan fingerprint density at radius 1 is 0.844 bits per heavy atom. The first kappa shape index (κ1) is 22.2. The Morgan fingerprint density at radius 3 is 2.28 bits per heavy atom. The van der Waals surface area contributed by atoms with Gasteiger partial charge in [0.1, 0.15) is 12.4 Å². The largest absolute Gasteiger partial charge is 0.492 e. The molecule has 6 nitrogen and oxygen atoms in total. The lowest BCUT2D eigenvalue weighted by molar-refractivity contribution is 0.104. The highest BCUT2D eigenvalue weighted by molar-refractivity contribution is 6.26. The van der Waals surface area contributed by atoms with Gasteiger partial charge in [0.25, 0.3) is 5.56 Å². The molecule has 3 aromatic rings. The van der Waals surface area contributed by atoms with E-state index in [2.05, 4.69) is 9.80 Å². The van der Waals surface area contributed by atoms with Gasteiger partial charge in [-0.1, -0.05) is 18.2 Å². The van der Waals surface area contributed by atoms with E-state index in [9.17, 15) is 9.59 Å². The summed E-state index contributed by atoms with van der Waals surface area (Å²) in [6.45, 7) is 2.90. The molecular weight excluding hydrogens is 402 g/mol. The maximum Gasteiger partial charge on any atom is 0.258 e. The lowest BCUT2D eigenvalue weighted by Gasteiger charge is -2.16. The topological polar surface area (TPSA) is 54.8 Å². The fourth-order valence-electron chi connectivity index (χ4n) is 4.31. The summed E-state index contributed by atoms with van der Waals surface area (Å²) < 4.78 is 7.74. The molecule has 6 heteroatoms. The fourth-order valence-corrected chi connectivity index (χ4v) is 4.31. The molecule has 168 valence electrons. The lowest BCUT2D eigenvalue weighted by Crippen LogP contribution is -2.24. The smallest absolute Gasteiger partial charge is 0.258 e. The van der Waals surface area contributed by atoms with Gasteiger partial charge in [-0.15, -0.1) is 0 Å². The molecule has 2 aromatic carbocycles. The van der Waals surface area contributed by atoms with E-state index >= 15 is 0 Å². The third-order valence-corrected chi connectivity index (χ3v) is 5.94. The van der Waals surface area contributed by atoms with Crippen LogP contribution in [-0.4, -0.2) is 68.0 Å². The first-order chi connectivity index (χ1) is 15.4. The highest BCUT2D eigenvalue weighted by Crippen LogP contribution is 2.41. The molecule has 0 aliphatic heterocycles. The van der Waals surface area contributed by atoms with Crippen molar-refractivity contribution in [1.29, 1.82) is 0 Å². The van der Waals surface area contributed by atoms with Crippen molar-refractivity contribution in [2.75, 3.05) is 47.9 Å². The van der Waals surface area contributed by atoms with Crippen molar-refractivity contribution in [3.8, 4) is 17.0 Å². The van der Waals surface area contributed by atoms with Crippen molar-refractivity contribution in [1.82, 2.24) is 14.4 Å². The first-order valence-corrected chi connectivity index (χ1v) is 11.2. The molecule has 0 saturated heterocycles. The summed E-state index contributed by atoms with van der Waals surface area (Å²) in [5.74, 6) is 0.694. The number of pyridine rings is 1. The molecule has 1 heterocycles. The second-order valence-electron chi connectivity index (χ2n) is 8.92. The summed E-state index contributed by atoms with van der Waals surface area (Å²) in [7, 11) is 8.10. The summed E-state index contributed by atoms with van der Waals surface area (Å²) in [6.07, 6.45) is 1.85. The van der Waals surface area contributed by atoms with Crippen LogP contribution in [0.2, 0.25) is 0 Å². The molecule has 0 bridgehead atoms. The van der Waals surface area contributed by atoms with Crippen LogP contribution in [0.3, 0.4) is 0 Å². The van der Waals surface area contributed by atoms with Gasteiger partial charge in [-0.2, -0.15) is 0 Å². The summed E-state index contributed by atoms with van der Waals surface area (Å²) in [5, 5.41) is 1.33. The number of likely N-dealkylation sites (N-methyl/N-ethyl adjacent to an activating group) is 1. The number of hydrogen-bond donors (Lipinski definition) is 0. The number of carbonyl (C=O) groups is 1. The van der Waals surface area contributed by atoms with E-state index in [4.69, 9.17) is 4.74 Å². The van der Waals surface area contributed by atoms with Crippen molar-refractivity contribution in [3.63, 3.8) is 0 Å². The van der Waals surface area contributed by atoms with E-state index in [0.29, 0.717) is 35.4 Å². The van der Waals surface area contributed by atoms with Crippen LogP contribution in [0.5, 0.6) is 5.75 Å². The van der Waals surface area contributed by atoms with Crippen molar-refractivity contribution in [2.24, 2.45) is 0 Å². The zero-order valence-corrected chi connectivity index (χ0v) is 19.4. The zero-order valence-electron chi connectivity index (χ0n) is 19.4. The SMILES string of the molecule is CN(C)CCCCn1c2c(c3ccccc3c1=O)C(=O)c1ccc(OCCN(C)C)cc1-2. The second kappa shape index (κ2) is 9.27. The van der Waals surface area contributed by atoms with Gasteiger partial charge in [-0.3, -0.25) is 9.59 Å². The molecule has 0 unspecified atom stereocenters. The Balaban J connectivity index is 1.80. The molecule has 0 spiro atoms. The van der Waals surface area contributed by atoms with Crippen LogP contribution in [0.4, 0.5) is 0 Å². The highest BCUT2D eigenvalue weighted by atomic mass is 16.5. The monoisotopic (exact) mass is 433 g/mol. The lowest BCUT2D eigenvalue weighted by atomic mass is 10.0. The normalized spacial score (nSPS) is 12.6. The van der Waals surface area contributed by atoms with E-state index in [0.717, 1.165) is 42.6 Å². The van der Waals surface area contributed by atoms with Gasteiger partial charge in [0.15, 0.2) is 5.78 Å². The number of hydrogen-bond acceptors (Lipinski definition) is 5. The van der Waals surface area contributed by atoms with Crippen LogP contribution in [0.25, 0.3) is 22.0 Å². The first-order valence-electron chi connectivity index (χ1n) is 11.2. The van der Waals surface area contributed by atoms with E-state index < -0.39 is 0 Å². The molecule has 1 aliphatic rings. The fraction of sp³-hybridized carbons (Fsp3) is 0.385. The molecule has 0 fully saturated rings. The Morgan fingerprint density at radius 2 is 1.56 bits per heavy atom. The molecule has 0 amide bonds. The second-order valence-corrected chi connectivity index (χ2v) is 8.92. The average molecular weight is 434 g/mol. The van der Waals surface area contributed by atoms with E-state index in [-0.39, 0.29) is 11.3 Å². The number of ether oxygens (including phenoxy) is 1. The van der Waals surface area contributed by atoms with Crippen molar-refractivity contribution < 1.29 is 9.53 Å². The molecule has 4 rings (SSSR count). The molecule has 0 N–H and O–H groups in total. The molecule has 1 aromatic heterocycles. The molecule has 0 radical (unpaired) electrons. The van der Waals surface area contributed by atoms with E-state index in [1.165, 1.54) is 0 Å². The average Bonchev–Trinajstić information content (AvgIpc) is 3.05. The zero-order chi connectivity index (χ0) is 22.8.